The van der Waals surface area contributed by atoms with Gasteiger partial charge in [-0.2, -0.15) is 0 Å². The molecule has 1 fully saturated rings. The Balaban J connectivity index is 2.08. The maximum absolute atomic E-state index is 6.21. The standard InChI is InChI=1S/C13H15ClN2S/c1-13(6-3-7-15-8-13)12-16-10-5-2-4-9(14)11(10)17-12/h2,4-5,15H,3,6-8H2,1H3. The van der Waals surface area contributed by atoms with Crippen LogP contribution in [0.3, 0.4) is 0 Å². The summed E-state index contributed by atoms with van der Waals surface area (Å²) in [5, 5.41) is 5.50. The van der Waals surface area contributed by atoms with E-state index in [1.54, 1.807) is 11.3 Å². The summed E-state index contributed by atoms with van der Waals surface area (Å²) in [4.78, 5) is 4.76. The van der Waals surface area contributed by atoms with E-state index in [1.165, 1.54) is 17.8 Å². The summed E-state index contributed by atoms with van der Waals surface area (Å²) in [6.07, 6.45) is 2.43. The second-order valence-electron chi connectivity index (χ2n) is 4.95. The van der Waals surface area contributed by atoms with Gasteiger partial charge in [0.2, 0.25) is 0 Å². The number of halogens is 1. The van der Waals surface area contributed by atoms with Crippen LogP contribution in [0.4, 0.5) is 0 Å². The average molecular weight is 267 g/mol. The molecular formula is C13H15ClN2S. The van der Waals surface area contributed by atoms with Gasteiger partial charge in [0.25, 0.3) is 0 Å². The Morgan fingerprint density at radius 3 is 3.06 bits per heavy atom. The summed E-state index contributed by atoms with van der Waals surface area (Å²) in [5.41, 5.74) is 1.20. The Bertz CT molecular complexity index is 543. The highest BCUT2D eigenvalue weighted by Crippen LogP contribution is 2.38. The molecule has 1 N–H and O–H groups in total. The molecule has 1 aromatic carbocycles. The van der Waals surface area contributed by atoms with E-state index in [-0.39, 0.29) is 5.41 Å². The molecule has 1 saturated heterocycles. The third kappa shape index (κ3) is 1.96. The van der Waals surface area contributed by atoms with Crippen LogP contribution in [0.5, 0.6) is 0 Å². The summed E-state index contributed by atoms with van der Waals surface area (Å²) in [5.74, 6) is 0. The largest absolute Gasteiger partial charge is 0.316 e. The van der Waals surface area contributed by atoms with Crippen molar-refractivity contribution in [2.75, 3.05) is 13.1 Å². The van der Waals surface area contributed by atoms with Crippen molar-refractivity contribution in [2.24, 2.45) is 0 Å². The summed E-state index contributed by atoms with van der Waals surface area (Å²) in [6.45, 7) is 4.44. The van der Waals surface area contributed by atoms with Crippen LogP contribution in [0.25, 0.3) is 10.2 Å². The molecule has 2 aromatic rings. The van der Waals surface area contributed by atoms with E-state index in [0.29, 0.717) is 0 Å². The summed E-state index contributed by atoms with van der Waals surface area (Å²) in [6, 6.07) is 5.95. The SMILES string of the molecule is CC1(c2nc3cccc(Cl)c3s2)CCCNC1. The van der Waals surface area contributed by atoms with Crippen molar-refractivity contribution in [1.82, 2.24) is 10.3 Å². The maximum atomic E-state index is 6.21. The highest BCUT2D eigenvalue weighted by molar-refractivity contribution is 7.19. The number of aromatic nitrogens is 1. The van der Waals surface area contributed by atoms with Crippen LogP contribution in [-0.2, 0) is 5.41 Å². The Kier molecular flexibility index (Phi) is 2.85. The molecular weight excluding hydrogens is 252 g/mol. The van der Waals surface area contributed by atoms with Crippen LogP contribution in [0.2, 0.25) is 5.02 Å². The topological polar surface area (TPSA) is 24.9 Å². The molecule has 0 bridgehead atoms. The number of piperidine rings is 1. The van der Waals surface area contributed by atoms with Crippen LogP contribution < -0.4 is 5.32 Å². The minimum atomic E-state index is 0.172. The first-order valence-electron chi connectivity index (χ1n) is 5.95. The first-order chi connectivity index (χ1) is 8.19. The minimum Gasteiger partial charge on any atom is -0.316 e. The monoisotopic (exact) mass is 266 g/mol. The van der Waals surface area contributed by atoms with Gasteiger partial charge in [-0.3, -0.25) is 0 Å². The van der Waals surface area contributed by atoms with Gasteiger partial charge >= 0.3 is 0 Å². The van der Waals surface area contributed by atoms with Crippen molar-refractivity contribution in [3.8, 4) is 0 Å². The molecule has 90 valence electrons. The average Bonchev–Trinajstić information content (AvgIpc) is 2.76. The van der Waals surface area contributed by atoms with Gasteiger partial charge in [-0.25, -0.2) is 4.98 Å². The lowest BCUT2D eigenvalue weighted by molar-refractivity contribution is 0.339. The third-order valence-corrected chi connectivity index (χ3v) is 5.32. The Hall–Kier alpha value is -0.640. The number of benzene rings is 1. The first kappa shape index (κ1) is 11.5. The fraction of sp³-hybridized carbons (Fsp3) is 0.462. The smallest absolute Gasteiger partial charge is 0.101 e. The summed E-state index contributed by atoms with van der Waals surface area (Å²) < 4.78 is 1.12. The number of nitrogens with zero attached hydrogens (tertiary/aromatic N) is 1. The van der Waals surface area contributed by atoms with Crippen LogP contribution >= 0.6 is 22.9 Å². The fourth-order valence-electron chi connectivity index (χ4n) is 2.41. The van der Waals surface area contributed by atoms with E-state index in [2.05, 4.69) is 12.2 Å². The zero-order valence-electron chi connectivity index (χ0n) is 9.79. The van der Waals surface area contributed by atoms with E-state index < -0.39 is 0 Å². The molecule has 0 radical (unpaired) electrons. The van der Waals surface area contributed by atoms with Crippen LogP contribution in [-0.4, -0.2) is 18.1 Å². The molecule has 0 aliphatic carbocycles. The number of hydrogen-bond acceptors (Lipinski definition) is 3. The van der Waals surface area contributed by atoms with Gasteiger partial charge in [0.15, 0.2) is 0 Å². The van der Waals surface area contributed by atoms with Crippen molar-refractivity contribution in [1.29, 1.82) is 0 Å². The van der Waals surface area contributed by atoms with Gasteiger partial charge in [-0.15, -0.1) is 11.3 Å². The van der Waals surface area contributed by atoms with E-state index in [9.17, 15) is 0 Å². The molecule has 2 heterocycles. The quantitative estimate of drug-likeness (QED) is 0.853. The lowest BCUT2D eigenvalue weighted by Gasteiger charge is -2.32. The maximum Gasteiger partial charge on any atom is 0.101 e. The zero-order valence-corrected chi connectivity index (χ0v) is 11.4. The van der Waals surface area contributed by atoms with Gasteiger partial charge in [-0.1, -0.05) is 24.6 Å². The molecule has 1 aliphatic rings. The van der Waals surface area contributed by atoms with Gasteiger partial charge in [0.1, 0.15) is 5.01 Å². The van der Waals surface area contributed by atoms with Crippen molar-refractivity contribution in [3.05, 3.63) is 28.2 Å². The molecule has 1 unspecified atom stereocenters. The molecule has 3 rings (SSSR count). The highest BCUT2D eigenvalue weighted by atomic mass is 35.5. The highest BCUT2D eigenvalue weighted by Gasteiger charge is 2.32. The van der Waals surface area contributed by atoms with Crippen molar-refractivity contribution in [3.63, 3.8) is 0 Å². The van der Waals surface area contributed by atoms with Crippen LogP contribution in [0.15, 0.2) is 18.2 Å². The van der Waals surface area contributed by atoms with Crippen molar-refractivity contribution < 1.29 is 0 Å². The molecule has 1 aromatic heterocycles. The molecule has 1 aliphatic heterocycles. The van der Waals surface area contributed by atoms with Gasteiger partial charge < -0.3 is 5.32 Å². The number of rotatable bonds is 1. The van der Waals surface area contributed by atoms with Gasteiger partial charge in [0, 0.05) is 12.0 Å². The van der Waals surface area contributed by atoms with Crippen LogP contribution in [0, 0.1) is 0 Å². The van der Waals surface area contributed by atoms with Crippen LogP contribution in [0.1, 0.15) is 24.8 Å². The number of hydrogen-bond donors (Lipinski definition) is 1. The second kappa shape index (κ2) is 4.23. The van der Waals surface area contributed by atoms with E-state index in [4.69, 9.17) is 16.6 Å². The molecule has 0 saturated carbocycles. The molecule has 1 atom stereocenters. The first-order valence-corrected chi connectivity index (χ1v) is 7.15. The Labute approximate surface area is 110 Å². The molecule has 2 nitrogen and oxygen atoms in total. The summed E-state index contributed by atoms with van der Waals surface area (Å²) >= 11 is 7.96. The van der Waals surface area contributed by atoms with Gasteiger partial charge in [0.05, 0.1) is 15.2 Å². The lowest BCUT2D eigenvalue weighted by atomic mass is 9.83. The van der Waals surface area contributed by atoms with E-state index >= 15 is 0 Å². The predicted molar refractivity (Wildman–Crippen MR) is 74.1 cm³/mol. The third-order valence-electron chi connectivity index (χ3n) is 3.48. The van der Waals surface area contributed by atoms with E-state index in [1.807, 2.05) is 18.2 Å². The van der Waals surface area contributed by atoms with Crippen molar-refractivity contribution >= 4 is 33.2 Å². The number of fused-ring (bicyclic) bond motifs is 1. The van der Waals surface area contributed by atoms with Gasteiger partial charge in [-0.05, 0) is 31.5 Å². The molecule has 0 spiro atoms. The summed E-state index contributed by atoms with van der Waals surface area (Å²) in [7, 11) is 0. The molecule has 4 heteroatoms. The minimum absolute atomic E-state index is 0.172. The molecule has 17 heavy (non-hydrogen) atoms. The Morgan fingerprint density at radius 1 is 1.47 bits per heavy atom. The molecule has 0 amide bonds. The van der Waals surface area contributed by atoms with Crippen molar-refractivity contribution in [2.45, 2.75) is 25.2 Å². The van der Waals surface area contributed by atoms with E-state index in [0.717, 1.165) is 28.3 Å². The number of thiazole rings is 1. The Morgan fingerprint density at radius 2 is 2.35 bits per heavy atom. The normalized spacial score (nSPS) is 25.3. The predicted octanol–water partition coefficient (Wildman–Crippen LogP) is 3.59. The number of nitrogens with one attached hydrogen (secondary N) is 1. The zero-order chi connectivity index (χ0) is 11.9. The fourth-order valence-corrected chi connectivity index (χ4v) is 3.84. The lowest BCUT2D eigenvalue weighted by Crippen LogP contribution is -2.40. The second-order valence-corrected chi connectivity index (χ2v) is 6.35.